The number of pyridine rings is 1. The molecule has 1 N–H and O–H groups in total. The summed E-state index contributed by atoms with van der Waals surface area (Å²) in [5.74, 6) is 0.334. The molecule has 1 saturated heterocycles. The Kier molecular flexibility index (Phi) is 5.01. The number of benzene rings is 1. The van der Waals surface area contributed by atoms with Crippen LogP contribution in [0.25, 0.3) is 21.9 Å². The van der Waals surface area contributed by atoms with E-state index < -0.39 is 0 Å². The predicted molar refractivity (Wildman–Crippen MR) is 102 cm³/mol. The average Bonchev–Trinajstić information content (AvgIpc) is 3.08. The molecule has 1 fully saturated rings. The number of Topliss-reactive ketones (excluding diaryl/α,β-unsaturated/α-hetero) is 1. The Hall–Kier alpha value is -2.57. The van der Waals surface area contributed by atoms with Crippen LogP contribution in [0.5, 0.6) is 0 Å². The van der Waals surface area contributed by atoms with Crippen LogP contribution in [0.15, 0.2) is 36.7 Å². The number of aliphatic hydroxyl groups is 1. The Balaban J connectivity index is 1.62. The van der Waals surface area contributed by atoms with E-state index in [0.29, 0.717) is 19.6 Å². The summed E-state index contributed by atoms with van der Waals surface area (Å²) < 4.78 is 7.03. The van der Waals surface area contributed by atoms with Crippen LogP contribution in [0.1, 0.15) is 24.2 Å². The number of aliphatic hydroxyl groups excluding tert-OH is 1. The maximum absolute atomic E-state index is 12.5. The van der Waals surface area contributed by atoms with Gasteiger partial charge in [-0.15, -0.1) is 0 Å². The van der Waals surface area contributed by atoms with E-state index in [1.165, 1.54) is 0 Å². The molecule has 4 rings (SSSR count). The maximum atomic E-state index is 12.5. The lowest BCUT2D eigenvalue weighted by atomic mass is 9.92. The molecule has 140 valence electrons. The Bertz CT molecular complexity index is 974. The van der Waals surface area contributed by atoms with Crippen LogP contribution in [0.3, 0.4) is 0 Å². The van der Waals surface area contributed by atoms with Gasteiger partial charge < -0.3 is 9.84 Å². The molecule has 1 aromatic carbocycles. The van der Waals surface area contributed by atoms with E-state index in [1.807, 2.05) is 31.4 Å². The van der Waals surface area contributed by atoms with Crippen LogP contribution in [-0.4, -0.2) is 38.9 Å². The quantitative estimate of drug-likeness (QED) is 0.752. The number of rotatable bonds is 5. The maximum Gasteiger partial charge on any atom is 0.142 e. The van der Waals surface area contributed by atoms with Crippen molar-refractivity contribution in [1.82, 2.24) is 14.8 Å². The highest BCUT2D eigenvalue weighted by molar-refractivity contribution is 5.89. The Morgan fingerprint density at radius 1 is 1.22 bits per heavy atom. The molecule has 6 nitrogen and oxygen atoms in total. The number of hydrogen-bond acceptors (Lipinski definition) is 5. The van der Waals surface area contributed by atoms with E-state index in [4.69, 9.17) is 4.74 Å². The van der Waals surface area contributed by atoms with E-state index in [1.54, 1.807) is 10.9 Å². The number of nitrogens with zero attached hydrogens (tertiary/aromatic N) is 3. The van der Waals surface area contributed by atoms with Gasteiger partial charge in [0.25, 0.3) is 0 Å². The van der Waals surface area contributed by atoms with Crippen molar-refractivity contribution in [2.75, 3.05) is 13.2 Å². The number of ether oxygens (including phenoxy) is 1. The minimum Gasteiger partial charge on any atom is -0.390 e. The fourth-order valence-corrected chi connectivity index (χ4v) is 3.68. The standard InChI is InChI=1S/C21H23N3O3/c1-24-20(13-25)19(12-23-24)15-2-3-16-11-22-18(9-17(16)8-15)10-21(26)14-4-6-27-7-5-14/h2-3,8-9,11-12,14,25H,4-7,10,13H2,1H3. The Labute approximate surface area is 157 Å². The van der Waals surface area contributed by atoms with Gasteiger partial charge in [-0.3, -0.25) is 14.5 Å². The van der Waals surface area contributed by atoms with Crippen molar-refractivity contribution in [2.24, 2.45) is 13.0 Å². The van der Waals surface area contributed by atoms with Gasteiger partial charge in [-0.1, -0.05) is 12.1 Å². The first-order valence-corrected chi connectivity index (χ1v) is 9.27. The topological polar surface area (TPSA) is 77.2 Å². The Morgan fingerprint density at radius 3 is 2.81 bits per heavy atom. The van der Waals surface area contributed by atoms with Crippen LogP contribution in [0.4, 0.5) is 0 Å². The van der Waals surface area contributed by atoms with Crippen molar-refractivity contribution in [3.63, 3.8) is 0 Å². The summed E-state index contributed by atoms with van der Waals surface area (Å²) in [6, 6.07) is 8.07. The molecule has 0 saturated carbocycles. The third-order valence-electron chi connectivity index (χ3n) is 5.33. The molecule has 3 heterocycles. The van der Waals surface area contributed by atoms with E-state index in [0.717, 1.165) is 46.1 Å². The molecule has 1 aliphatic rings. The molecular weight excluding hydrogens is 342 g/mol. The van der Waals surface area contributed by atoms with Crippen LogP contribution < -0.4 is 0 Å². The summed E-state index contributed by atoms with van der Waals surface area (Å²) in [5.41, 5.74) is 3.48. The van der Waals surface area contributed by atoms with E-state index in [9.17, 15) is 9.90 Å². The second-order valence-corrected chi connectivity index (χ2v) is 7.05. The van der Waals surface area contributed by atoms with E-state index in [-0.39, 0.29) is 18.3 Å². The minimum absolute atomic E-state index is 0.0644. The fraction of sp³-hybridized carbons (Fsp3) is 0.381. The molecule has 6 heteroatoms. The largest absolute Gasteiger partial charge is 0.390 e. The first-order chi connectivity index (χ1) is 13.2. The van der Waals surface area contributed by atoms with Crippen molar-refractivity contribution in [2.45, 2.75) is 25.9 Å². The zero-order valence-corrected chi connectivity index (χ0v) is 15.4. The minimum atomic E-state index is -0.0644. The molecule has 27 heavy (non-hydrogen) atoms. The van der Waals surface area contributed by atoms with Gasteiger partial charge in [0, 0.05) is 55.4 Å². The summed E-state index contributed by atoms with van der Waals surface area (Å²) in [6.07, 6.45) is 5.56. The smallest absolute Gasteiger partial charge is 0.142 e. The molecule has 0 atom stereocenters. The van der Waals surface area contributed by atoms with Crippen LogP contribution in [0, 0.1) is 5.92 Å². The molecule has 0 unspecified atom stereocenters. The highest BCUT2D eigenvalue weighted by atomic mass is 16.5. The normalized spacial score (nSPS) is 15.3. The van der Waals surface area contributed by atoms with Crippen LogP contribution in [0.2, 0.25) is 0 Å². The lowest BCUT2D eigenvalue weighted by Crippen LogP contribution is -2.24. The van der Waals surface area contributed by atoms with Gasteiger partial charge in [0.1, 0.15) is 5.78 Å². The fourth-order valence-electron chi connectivity index (χ4n) is 3.68. The number of carbonyl (C=O) groups is 1. The molecule has 0 aliphatic carbocycles. The van der Waals surface area contributed by atoms with Gasteiger partial charge in [0.05, 0.1) is 18.5 Å². The molecule has 3 aromatic rings. The molecule has 0 bridgehead atoms. The zero-order valence-electron chi connectivity index (χ0n) is 15.4. The summed E-state index contributed by atoms with van der Waals surface area (Å²) in [4.78, 5) is 17.0. The second kappa shape index (κ2) is 7.58. The van der Waals surface area contributed by atoms with Crippen LogP contribution >= 0.6 is 0 Å². The monoisotopic (exact) mass is 365 g/mol. The summed E-state index contributed by atoms with van der Waals surface area (Å²) in [6.45, 7) is 1.28. The molecule has 2 aromatic heterocycles. The van der Waals surface area contributed by atoms with Crippen molar-refractivity contribution >= 4 is 16.6 Å². The lowest BCUT2D eigenvalue weighted by Gasteiger charge is -2.20. The van der Waals surface area contributed by atoms with Crippen molar-refractivity contribution in [3.05, 3.63) is 48.0 Å². The Morgan fingerprint density at radius 2 is 2.04 bits per heavy atom. The van der Waals surface area contributed by atoms with Crippen molar-refractivity contribution < 1.29 is 14.6 Å². The molecule has 0 radical (unpaired) electrons. The average molecular weight is 365 g/mol. The van der Waals surface area contributed by atoms with Gasteiger partial charge in [0.15, 0.2) is 0 Å². The lowest BCUT2D eigenvalue weighted by molar-refractivity contribution is -0.125. The highest BCUT2D eigenvalue weighted by Crippen LogP contribution is 2.27. The first kappa shape index (κ1) is 17.8. The van der Waals surface area contributed by atoms with Gasteiger partial charge in [0.2, 0.25) is 0 Å². The van der Waals surface area contributed by atoms with E-state index in [2.05, 4.69) is 16.1 Å². The number of hydrogen-bond donors (Lipinski definition) is 1. The number of aryl methyl sites for hydroxylation is 1. The number of carbonyl (C=O) groups excluding carboxylic acids is 1. The van der Waals surface area contributed by atoms with E-state index >= 15 is 0 Å². The SMILES string of the molecule is Cn1ncc(-c2ccc3cnc(CC(=O)C4CCOCC4)cc3c2)c1CO. The van der Waals surface area contributed by atoms with Crippen molar-refractivity contribution in [1.29, 1.82) is 0 Å². The van der Waals surface area contributed by atoms with Gasteiger partial charge in [-0.2, -0.15) is 5.10 Å². The first-order valence-electron chi connectivity index (χ1n) is 9.27. The summed E-state index contributed by atoms with van der Waals surface area (Å²) in [5, 5.41) is 15.9. The second-order valence-electron chi connectivity index (χ2n) is 7.05. The summed E-state index contributed by atoms with van der Waals surface area (Å²) >= 11 is 0. The molecular formula is C21H23N3O3. The summed E-state index contributed by atoms with van der Waals surface area (Å²) in [7, 11) is 1.82. The number of ketones is 1. The third kappa shape index (κ3) is 3.63. The number of fused-ring (bicyclic) bond motifs is 1. The number of aromatic nitrogens is 3. The zero-order chi connectivity index (χ0) is 18.8. The van der Waals surface area contributed by atoms with Gasteiger partial charge >= 0.3 is 0 Å². The molecule has 0 amide bonds. The predicted octanol–water partition coefficient (Wildman–Crippen LogP) is 2.67. The van der Waals surface area contributed by atoms with Gasteiger partial charge in [-0.05, 0) is 35.9 Å². The highest BCUT2D eigenvalue weighted by Gasteiger charge is 2.22. The third-order valence-corrected chi connectivity index (χ3v) is 5.33. The molecule has 0 spiro atoms. The van der Waals surface area contributed by atoms with Crippen molar-refractivity contribution in [3.8, 4) is 11.1 Å². The molecule has 1 aliphatic heterocycles. The van der Waals surface area contributed by atoms with Crippen LogP contribution in [-0.2, 0) is 29.6 Å². The van der Waals surface area contributed by atoms with Gasteiger partial charge in [-0.25, -0.2) is 0 Å².